The fourth-order valence-electron chi connectivity index (χ4n) is 8.06. The van der Waals surface area contributed by atoms with Gasteiger partial charge in [0, 0.05) is 16.7 Å². The van der Waals surface area contributed by atoms with Crippen LogP contribution in [0.3, 0.4) is 0 Å². The molecular weight excluding hydrogens is 655 g/mol. The van der Waals surface area contributed by atoms with Gasteiger partial charge < -0.3 is 0 Å². The summed E-state index contributed by atoms with van der Waals surface area (Å²) in [6.07, 6.45) is 2.40. The number of hydrogen-bond donors (Lipinski definition) is 0. The molecule has 0 bridgehead atoms. The summed E-state index contributed by atoms with van der Waals surface area (Å²) >= 11 is 0. The molecule has 8 aromatic rings. The molecule has 1 heterocycles. The van der Waals surface area contributed by atoms with Crippen molar-refractivity contribution >= 4 is 10.8 Å². The van der Waals surface area contributed by atoms with Gasteiger partial charge in [-0.05, 0) is 85.0 Å². The van der Waals surface area contributed by atoms with Crippen molar-refractivity contribution in [3.63, 3.8) is 0 Å². The summed E-state index contributed by atoms with van der Waals surface area (Å²) in [5.41, 5.74) is 13.1. The Morgan fingerprint density at radius 3 is 1.44 bits per heavy atom. The molecule has 0 spiro atoms. The molecule has 0 saturated carbocycles. The Labute approximate surface area is 318 Å². The molecule has 9 rings (SSSR count). The van der Waals surface area contributed by atoms with E-state index in [2.05, 4.69) is 185 Å². The second kappa shape index (κ2) is 13.3. The van der Waals surface area contributed by atoms with E-state index in [9.17, 15) is 0 Å². The third-order valence-electron chi connectivity index (χ3n) is 11.4. The van der Waals surface area contributed by atoms with Gasteiger partial charge in [-0.15, -0.1) is 0 Å². The fourth-order valence-corrected chi connectivity index (χ4v) is 8.06. The molecule has 1 aliphatic carbocycles. The zero-order valence-corrected chi connectivity index (χ0v) is 31.3. The lowest BCUT2D eigenvalue weighted by Crippen LogP contribution is -2.33. The molecule has 0 radical (unpaired) electrons. The molecule has 1 aromatic heterocycles. The summed E-state index contributed by atoms with van der Waals surface area (Å²) in [5.74, 6) is 1.94. The van der Waals surface area contributed by atoms with Gasteiger partial charge in [0.1, 0.15) is 0 Å². The van der Waals surface area contributed by atoms with Gasteiger partial charge in [-0.3, -0.25) is 0 Å². The van der Waals surface area contributed by atoms with Gasteiger partial charge in [0.15, 0.2) is 17.5 Å². The van der Waals surface area contributed by atoms with E-state index in [4.69, 9.17) is 15.0 Å². The predicted molar refractivity (Wildman–Crippen MR) is 225 cm³/mol. The molecule has 1 aliphatic rings. The van der Waals surface area contributed by atoms with Crippen molar-refractivity contribution in [3.8, 4) is 67.5 Å². The van der Waals surface area contributed by atoms with E-state index in [1.54, 1.807) is 0 Å². The van der Waals surface area contributed by atoms with Crippen LogP contribution in [0.1, 0.15) is 51.7 Å². The standard InChI is InChI=1S/C51H43N3/c1-50(2)30-31-51(3,4)46-33-42(28-29-45(46)50)36-20-25-39(26-21-36)48-52-47(53-49(54-48)44-17-11-10-16-43(44)37-13-6-5-7-14-37)38-23-18-35(19-24-38)41-27-22-34-12-8-9-15-40(34)32-41/h5-29,32-33H,30-31H2,1-4H3. The van der Waals surface area contributed by atoms with Crippen molar-refractivity contribution < 1.29 is 0 Å². The zero-order valence-electron chi connectivity index (χ0n) is 31.3. The highest BCUT2D eigenvalue weighted by Gasteiger charge is 2.37. The molecule has 0 atom stereocenters. The Bertz CT molecular complexity index is 2640. The van der Waals surface area contributed by atoms with Crippen LogP contribution in [0, 0.1) is 0 Å². The van der Waals surface area contributed by atoms with Crippen LogP contribution in [0.2, 0.25) is 0 Å². The van der Waals surface area contributed by atoms with Crippen LogP contribution < -0.4 is 0 Å². The molecule has 3 nitrogen and oxygen atoms in total. The maximum atomic E-state index is 5.15. The van der Waals surface area contributed by atoms with Gasteiger partial charge >= 0.3 is 0 Å². The number of benzene rings is 7. The number of hydrogen-bond acceptors (Lipinski definition) is 3. The monoisotopic (exact) mass is 697 g/mol. The minimum Gasteiger partial charge on any atom is -0.208 e. The lowest BCUT2D eigenvalue weighted by atomic mass is 9.63. The Balaban J connectivity index is 1.12. The number of aromatic nitrogens is 3. The number of rotatable bonds is 6. The van der Waals surface area contributed by atoms with E-state index >= 15 is 0 Å². The highest BCUT2D eigenvalue weighted by atomic mass is 15.0. The van der Waals surface area contributed by atoms with E-state index in [-0.39, 0.29) is 10.8 Å². The van der Waals surface area contributed by atoms with Gasteiger partial charge in [-0.2, -0.15) is 0 Å². The van der Waals surface area contributed by atoms with Crippen molar-refractivity contribution in [2.45, 2.75) is 51.4 Å². The summed E-state index contributed by atoms with van der Waals surface area (Å²) < 4.78 is 0. The van der Waals surface area contributed by atoms with Crippen molar-refractivity contribution in [1.29, 1.82) is 0 Å². The first-order valence-corrected chi connectivity index (χ1v) is 19.0. The molecule has 54 heavy (non-hydrogen) atoms. The number of nitrogens with zero attached hydrogens (tertiary/aromatic N) is 3. The van der Waals surface area contributed by atoms with E-state index in [1.165, 1.54) is 51.4 Å². The summed E-state index contributed by atoms with van der Waals surface area (Å²) in [7, 11) is 0. The molecule has 262 valence electrons. The second-order valence-corrected chi connectivity index (χ2v) is 16.0. The van der Waals surface area contributed by atoms with Crippen molar-refractivity contribution in [1.82, 2.24) is 15.0 Å². The van der Waals surface area contributed by atoms with E-state index in [0.29, 0.717) is 17.5 Å². The molecule has 0 saturated heterocycles. The van der Waals surface area contributed by atoms with Crippen molar-refractivity contribution in [3.05, 3.63) is 175 Å². The van der Waals surface area contributed by atoms with Gasteiger partial charge in [-0.1, -0.05) is 185 Å². The highest BCUT2D eigenvalue weighted by molar-refractivity contribution is 5.88. The Hall–Kier alpha value is -6.19. The lowest BCUT2D eigenvalue weighted by Gasteiger charge is -2.42. The van der Waals surface area contributed by atoms with Crippen LogP contribution in [0.15, 0.2) is 164 Å². The topological polar surface area (TPSA) is 38.7 Å². The van der Waals surface area contributed by atoms with Crippen molar-refractivity contribution in [2.24, 2.45) is 0 Å². The van der Waals surface area contributed by atoms with Crippen LogP contribution in [0.4, 0.5) is 0 Å². The summed E-state index contributed by atoms with van der Waals surface area (Å²) in [6.45, 7) is 9.53. The summed E-state index contributed by atoms with van der Waals surface area (Å²) in [6, 6.07) is 58.3. The average molecular weight is 698 g/mol. The van der Waals surface area contributed by atoms with Crippen LogP contribution in [-0.2, 0) is 10.8 Å². The maximum absolute atomic E-state index is 5.15. The first kappa shape index (κ1) is 33.6. The van der Waals surface area contributed by atoms with Gasteiger partial charge in [0.05, 0.1) is 0 Å². The van der Waals surface area contributed by atoms with E-state index in [0.717, 1.165) is 33.4 Å². The smallest absolute Gasteiger partial charge is 0.164 e. The maximum Gasteiger partial charge on any atom is 0.164 e. The second-order valence-electron chi connectivity index (χ2n) is 16.0. The molecule has 0 unspecified atom stereocenters. The van der Waals surface area contributed by atoms with Crippen LogP contribution >= 0.6 is 0 Å². The SMILES string of the molecule is CC1(C)CCC(C)(C)c2cc(-c3ccc(-c4nc(-c5ccc(-c6ccc7ccccc7c6)cc5)nc(-c5ccccc5-c5ccccc5)n4)cc3)ccc21. The zero-order chi connectivity index (χ0) is 36.9. The Morgan fingerprint density at radius 2 is 0.796 bits per heavy atom. The minimum absolute atomic E-state index is 0.155. The predicted octanol–water partition coefficient (Wildman–Crippen LogP) is 13.4. The molecular formula is C51H43N3. The molecule has 0 fully saturated rings. The molecule has 0 amide bonds. The molecule has 0 aliphatic heterocycles. The van der Waals surface area contributed by atoms with Gasteiger partial charge in [0.2, 0.25) is 0 Å². The lowest BCUT2D eigenvalue weighted by molar-refractivity contribution is 0.332. The third-order valence-corrected chi connectivity index (χ3v) is 11.4. The molecule has 3 heteroatoms. The minimum atomic E-state index is 0.155. The summed E-state index contributed by atoms with van der Waals surface area (Å²) in [4.78, 5) is 15.4. The third kappa shape index (κ3) is 6.30. The normalized spacial score (nSPS) is 14.4. The van der Waals surface area contributed by atoms with Gasteiger partial charge in [-0.25, -0.2) is 15.0 Å². The van der Waals surface area contributed by atoms with Crippen LogP contribution in [0.5, 0.6) is 0 Å². The quantitative estimate of drug-likeness (QED) is 0.174. The molecule has 0 N–H and O–H groups in total. The van der Waals surface area contributed by atoms with E-state index < -0.39 is 0 Å². The van der Waals surface area contributed by atoms with Gasteiger partial charge in [0.25, 0.3) is 0 Å². The first-order valence-electron chi connectivity index (χ1n) is 19.0. The Morgan fingerprint density at radius 1 is 0.333 bits per heavy atom. The fraction of sp³-hybridized carbons (Fsp3) is 0.157. The van der Waals surface area contributed by atoms with Crippen LogP contribution in [-0.4, -0.2) is 15.0 Å². The molecule has 7 aromatic carbocycles. The first-order chi connectivity index (χ1) is 26.2. The van der Waals surface area contributed by atoms with Crippen LogP contribution in [0.25, 0.3) is 78.3 Å². The Kier molecular flexibility index (Phi) is 8.31. The largest absolute Gasteiger partial charge is 0.208 e. The van der Waals surface area contributed by atoms with Crippen molar-refractivity contribution in [2.75, 3.05) is 0 Å². The number of fused-ring (bicyclic) bond motifs is 2. The summed E-state index contributed by atoms with van der Waals surface area (Å²) in [5, 5.41) is 2.47. The average Bonchev–Trinajstić information content (AvgIpc) is 3.22. The highest BCUT2D eigenvalue weighted by Crippen LogP contribution is 2.47. The van der Waals surface area contributed by atoms with E-state index in [1.807, 2.05) is 6.07 Å².